The molecule has 2 aliphatic heterocycles. The summed E-state index contributed by atoms with van der Waals surface area (Å²) in [6, 6.07) is 0. The van der Waals surface area contributed by atoms with Gasteiger partial charge in [0.25, 0.3) is 0 Å². The Hall–Kier alpha value is -0.570. The quantitative estimate of drug-likeness (QED) is 0.768. The van der Waals surface area contributed by atoms with Crippen LogP contribution >= 0.6 is 0 Å². The lowest BCUT2D eigenvalue weighted by atomic mass is 9.88. The molecule has 1 atom stereocenters. The van der Waals surface area contributed by atoms with Crippen molar-refractivity contribution >= 4 is 5.91 Å². The summed E-state index contributed by atoms with van der Waals surface area (Å²) in [5.74, 6) is 0.388. The van der Waals surface area contributed by atoms with E-state index in [-0.39, 0.29) is 5.54 Å². The molecule has 2 saturated heterocycles. The van der Waals surface area contributed by atoms with Crippen molar-refractivity contribution in [3.8, 4) is 0 Å². The van der Waals surface area contributed by atoms with Crippen LogP contribution in [0.1, 0.15) is 58.8 Å². The molecule has 2 aliphatic rings. The molecule has 0 aromatic carbocycles. The number of nitrogens with zero attached hydrogens (tertiary/aromatic N) is 2. The highest BCUT2D eigenvalue weighted by atomic mass is 16.2. The van der Waals surface area contributed by atoms with E-state index in [1.54, 1.807) is 0 Å². The number of likely N-dealkylation sites (tertiary alicyclic amines) is 2. The number of hydrogen-bond acceptors (Lipinski definition) is 2. The Labute approximate surface area is 112 Å². The number of hydrogen-bond donors (Lipinski definition) is 0. The summed E-state index contributed by atoms with van der Waals surface area (Å²) < 4.78 is 0. The van der Waals surface area contributed by atoms with Crippen LogP contribution in [-0.4, -0.2) is 47.4 Å². The van der Waals surface area contributed by atoms with Gasteiger partial charge in [0.15, 0.2) is 0 Å². The molecule has 2 rings (SSSR count). The predicted octanol–water partition coefficient (Wildman–Crippen LogP) is 2.65. The third-order valence-electron chi connectivity index (χ3n) is 4.83. The van der Waals surface area contributed by atoms with Crippen LogP contribution in [-0.2, 0) is 4.79 Å². The van der Waals surface area contributed by atoms with E-state index >= 15 is 0 Å². The number of rotatable bonds is 4. The lowest BCUT2D eigenvalue weighted by molar-refractivity contribution is -0.131. The highest BCUT2D eigenvalue weighted by molar-refractivity contribution is 5.79. The molecule has 0 aliphatic carbocycles. The van der Waals surface area contributed by atoms with E-state index in [0.29, 0.717) is 5.91 Å². The van der Waals surface area contributed by atoms with Crippen molar-refractivity contribution in [3.05, 3.63) is 0 Å². The van der Waals surface area contributed by atoms with E-state index in [0.717, 1.165) is 19.4 Å². The molecule has 3 heteroatoms. The second kappa shape index (κ2) is 6.05. The molecule has 0 aromatic heterocycles. The van der Waals surface area contributed by atoms with Gasteiger partial charge in [0, 0.05) is 25.0 Å². The Balaban J connectivity index is 1.97. The zero-order valence-electron chi connectivity index (χ0n) is 12.1. The minimum absolute atomic E-state index is 0.215. The fraction of sp³-hybridized carbons (Fsp3) is 0.933. The van der Waals surface area contributed by atoms with Gasteiger partial charge in [0.1, 0.15) is 0 Å². The van der Waals surface area contributed by atoms with Gasteiger partial charge in [0.2, 0.25) is 5.91 Å². The van der Waals surface area contributed by atoms with Crippen LogP contribution in [0.3, 0.4) is 0 Å². The fourth-order valence-corrected chi connectivity index (χ4v) is 3.75. The topological polar surface area (TPSA) is 23.6 Å². The average Bonchev–Trinajstić information content (AvgIpc) is 2.56. The van der Waals surface area contributed by atoms with E-state index in [1.165, 1.54) is 51.7 Å². The first-order valence-electron chi connectivity index (χ1n) is 7.74. The van der Waals surface area contributed by atoms with Crippen LogP contribution in [0.15, 0.2) is 0 Å². The smallest absolute Gasteiger partial charge is 0.223 e. The maximum absolute atomic E-state index is 12.0. The van der Waals surface area contributed by atoms with E-state index in [1.807, 2.05) is 0 Å². The van der Waals surface area contributed by atoms with Crippen molar-refractivity contribution in [1.29, 1.82) is 0 Å². The summed E-state index contributed by atoms with van der Waals surface area (Å²) >= 11 is 0. The van der Waals surface area contributed by atoms with Gasteiger partial charge in [-0.05, 0) is 52.1 Å². The van der Waals surface area contributed by atoms with Gasteiger partial charge in [-0.2, -0.15) is 0 Å². The van der Waals surface area contributed by atoms with Gasteiger partial charge >= 0.3 is 0 Å². The van der Waals surface area contributed by atoms with Crippen molar-refractivity contribution in [2.24, 2.45) is 0 Å². The zero-order chi connectivity index (χ0) is 13.0. The fourth-order valence-electron chi connectivity index (χ4n) is 3.75. The molecule has 3 nitrogen and oxygen atoms in total. The Morgan fingerprint density at radius 1 is 1.17 bits per heavy atom. The third kappa shape index (κ3) is 2.71. The van der Waals surface area contributed by atoms with Gasteiger partial charge in [-0.25, -0.2) is 0 Å². The predicted molar refractivity (Wildman–Crippen MR) is 74.6 cm³/mol. The van der Waals surface area contributed by atoms with E-state index in [4.69, 9.17) is 0 Å². The highest BCUT2D eigenvalue weighted by Crippen LogP contribution is 2.38. The van der Waals surface area contributed by atoms with Crippen molar-refractivity contribution in [3.63, 3.8) is 0 Å². The van der Waals surface area contributed by atoms with Crippen LogP contribution in [0.2, 0.25) is 0 Å². The summed E-state index contributed by atoms with van der Waals surface area (Å²) in [6.07, 6.45) is 8.13. The second-order valence-electron chi connectivity index (χ2n) is 5.91. The highest BCUT2D eigenvalue weighted by Gasteiger charge is 2.44. The molecule has 0 saturated carbocycles. The Kier molecular flexibility index (Phi) is 4.66. The minimum atomic E-state index is 0.215. The zero-order valence-corrected chi connectivity index (χ0v) is 12.1. The number of carbonyl (C=O) groups excluding carboxylic acids is 1. The molecular formula is C15H28N2O. The van der Waals surface area contributed by atoms with E-state index < -0.39 is 0 Å². The van der Waals surface area contributed by atoms with Crippen molar-refractivity contribution in [2.45, 2.75) is 64.3 Å². The van der Waals surface area contributed by atoms with Gasteiger partial charge in [-0.15, -0.1) is 0 Å². The number of carbonyl (C=O) groups is 1. The molecule has 0 radical (unpaired) electrons. The monoisotopic (exact) mass is 252 g/mol. The first kappa shape index (κ1) is 13.9. The number of unbranched alkanes of at least 4 members (excludes halogenated alkanes) is 1. The molecule has 1 unspecified atom stereocenters. The molecule has 1 spiro atoms. The summed E-state index contributed by atoms with van der Waals surface area (Å²) in [7, 11) is 0. The van der Waals surface area contributed by atoms with Crippen LogP contribution in [0.5, 0.6) is 0 Å². The second-order valence-corrected chi connectivity index (χ2v) is 5.91. The summed E-state index contributed by atoms with van der Waals surface area (Å²) in [5, 5.41) is 0. The van der Waals surface area contributed by atoms with Crippen LogP contribution in [0.4, 0.5) is 0 Å². The molecule has 104 valence electrons. The molecule has 2 heterocycles. The Bertz CT molecular complexity index is 292. The van der Waals surface area contributed by atoms with Crippen LogP contribution in [0, 0.1) is 0 Å². The van der Waals surface area contributed by atoms with Crippen LogP contribution < -0.4 is 0 Å². The molecule has 18 heavy (non-hydrogen) atoms. The summed E-state index contributed by atoms with van der Waals surface area (Å²) in [5.41, 5.74) is 0.215. The van der Waals surface area contributed by atoms with Gasteiger partial charge in [0.05, 0.1) is 0 Å². The lowest BCUT2D eigenvalue weighted by Gasteiger charge is -2.37. The SMILES string of the molecule is CCCCN1CCCC2(CCC(=O)N2CC)CC1. The maximum atomic E-state index is 12.0. The standard InChI is InChI=1S/C15H28N2O/c1-3-5-11-16-12-6-8-15(10-13-16)9-7-14(18)17(15)4-2/h3-13H2,1-2H3. The Morgan fingerprint density at radius 3 is 2.72 bits per heavy atom. The first-order chi connectivity index (χ1) is 8.72. The molecular weight excluding hydrogens is 224 g/mol. The molecule has 0 N–H and O–H groups in total. The molecule has 2 fully saturated rings. The summed E-state index contributed by atoms with van der Waals surface area (Å²) in [4.78, 5) is 16.7. The van der Waals surface area contributed by atoms with Gasteiger partial charge < -0.3 is 9.80 Å². The van der Waals surface area contributed by atoms with Gasteiger partial charge in [-0.1, -0.05) is 13.3 Å². The third-order valence-corrected chi connectivity index (χ3v) is 4.83. The molecule has 1 amide bonds. The minimum Gasteiger partial charge on any atom is -0.337 e. The van der Waals surface area contributed by atoms with E-state index in [9.17, 15) is 4.79 Å². The summed E-state index contributed by atoms with van der Waals surface area (Å²) in [6.45, 7) is 8.94. The normalized spacial score (nSPS) is 30.1. The largest absolute Gasteiger partial charge is 0.337 e. The van der Waals surface area contributed by atoms with Crippen LogP contribution in [0.25, 0.3) is 0 Å². The molecule has 0 aromatic rings. The average molecular weight is 252 g/mol. The van der Waals surface area contributed by atoms with E-state index in [2.05, 4.69) is 23.6 Å². The lowest BCUT2D eigenvalue weighted by Crippen LogP contribution is -2.46. The van der Waals surface area contributed by atoms with Crippen molar-refractivity contribution in [1.82, 2.24) is 9.80 Å². The molecule has 0 bridgehead atoms. The Morgan fingerprint density at radius 2 is 2.00 bits per heavy atom. The number of amides is 1. The first-order valence-corrected chi connectivity index (χ1v) is 7.74. The van der Waals surface area contributed by atoms with Crippen molar-refractivity contribution in [2.75, 3.05) is 26.2 Å². The van der Waals surface area contributed by atoms with Crippen molar-refractivity contribution < 1.29 is 4.79 Å². The maximum Gasteiger partial charge on any atom is 0.223 e. The van der Waals surface area contributed by atoms with Gasteiger partial charge in [-0.3, -0.25) is 4.79 Å².